The molecular formula is C17H33NO2. The van der Waals surface area contributed by atoms with E-state index >= 15 is 0 Å². The predicted molar refractivity (Wildman–Crippen MR) is 82.9 cm³/mol. The highest BCUT2D eigenvalue weighted by molar-refractivity contribution is 5.01. The molecule has 2 aliphatic rings. The van der Waals surface area contributed by atoms with Crippen molar-refractivity contribution in [1.29, 1.82) is 0 Å². The molecule has 0 radical (unpaired) electrons. The first-order valence-corrected chi connectivity index (χ1v) is 8.78. The molecular weight excluding hydrogens is 250 g/mol. The lowest BCUT2D eigenvalue weighted by molar-refractivity contribution is 0.0442. The van der Waals surface area contributed by atoms with Gasteiger partial charge in [-0.25, -0.2) is 0 Å². The smallest absolute Gasteiger partial charge is 0.0614 e. The molecule has 0 spiro atoms. The van der Waals surface area contributed by atoms with E-state index in [0.717, 1.165) is 25.9 Å². The standard InChI is InChI=1S/C17H33NO2/c1-2-3-4-5-6-7-12-20-16-10-11-17(13-16,14-19)18-15-8-9-15/h15-16,18-19H,2-14H2,1H3. The van der Waals surface area contributed by atoms with E-state index in [1.54, 1.807) is 0 Å². The lowest BCUT2D eigenvalue weighted by Gasteiger charge is -2.28. The van der Waals surface area contributed by atoms with E-state index in [1.165, 1.54) is 51.4 Å². The summed E-state index contributed by atoms with van der Waals surface area (Å²) >= 11 is 0. The molecule has 0 aromatic heterocycles. The normalized spacial score (nSPS) is 30.0. The molecule has 118 valence electrons. The van der Waals surface area contributed by atoms with Gasteiger partial charge in [0.25, 0.3) is 0 Å². The van der Waals surface area contributed by atoms with Crippen molar-refractivity contribution >= 4 is 0 Å². The molecule has 3 nitrogen and oxygen atoms in total. The maximum atomic E-state index is 9.68. The maximum absolute atomic E-state index is 9.68. The van der Waals surface area contributed by atoms with E-state index in [-0.39, 0.29) is 12.1 Å². The quantitative estimate of drug-likeness (QED) is 0.571. The Bertz CT molecular complexity index is 268. The van der Waals surface area contributed by atoms with Crippen molar-refractivity contribution in [2.24, 2.45) is 0 Å². The summed E-state index contributed by atoms with van der Waals surface area (Å²) in [5, 5.41) is 13.3. The van der Waals surface area contributed by atoms with Crippen LogP contribution in [0.4, 0.5) is 0 Å². The summed E-state index contributed by atoms with van der Waals surface area (Å²) in [4.78, 5) is 0. The van der Waals surface area contributed by atoms with E-state index in [4.69, 9.17) is 4.74 Å². The van der Waals surface area contributed by atoms with Crippen molar-refractivity contribution in [3.63, 3.8) is 0 Å². The first kappa shape index (κ1) is 16.3. The van der Waals surface area contributed by atoms with Crippen LogP contribution in [0.5, 0.6) is 0 Å². The molecule has 0 saturated heterocycles. The summed E-state index contributed by atoms with van der Waals surface area (Å²) in [6.07, 6.45) is 14.0. The zero-order valence-corrected chi connectivity index (χ0v) is 13.2. The molecule has 3 heteroatoms. The van der Waals surface area contributed by atoms with Crippen molar-refractivity contribution in [3.05, 3.63) is 0 Å². The number of aliphatic hydroxyl groups excluding tert-OH is 1. The Kier molecular flexibility index (Phi) is 6.79. The maximum Gasteiger partial charge on any atom is 0.0614 e. The van der Waals surface area contributed by atoms with Crippen molar-refractivity contribution in [1.82, 2.24) is 5.32 Å². The zero-order chi connectivity index (χ0) is 14.3. The van der Waals surface area contributed by atoms with Crippen LogP contribution in [0.25, 0.3) is 0 Å². The van der Waals surface area contributed by atoms with E-state index in [9.17, 15) is 5.11 Å². The third-order valence-corrected chi connectivity index (χ3v) is 4.81. The van der Waals surface area contributed by atoms with Crippen LogP contribution < -0.4 is 5.32 Å². The molecule has 2 fully saturated rings. The highest BCUT2D eigenvalue weighted by Gasteiger charge is 2.42. The van der Waals surface area contributed by atoms with Gasteiger partial charge in [-0.1, -0.05) is 39.0 Å². The van der Waals surface area contributed by atoms with Gasteiger partial charge in [0.05, 0.1) is 12.7 Å². The van der Waals surface area contributed by atoms with Gasteiger partial charge in [-0.3, -0.25) is 0 Å². The average molecular weight is 283 g/mol. The first-order valence-electron chi connectivity index (χ1n) is 8.78. The first-order chi connectivity index (χ1) is 9.78. The fraction of sp³-hybridized carbons (Fsp3) is 1.00. The highest BCUT2D eigenvalue weighted by atomic mass is 16.5. The number of rotatable bonds is 11. The van der Waals surface area contributed by atoms with E-state index < -0.39 is 0 Å². The highest BCUT2D eigenvalue weighted by Crippen LogP contribution is 2.35. The van der Waals surface area contributed by atoms with Crippen LogP contribution in [0, 0.1) is 0 Å². The molecule has 0 aromatic carbocycles. The lowest BCUT2D eigenvalue weighted by atomic mass is 9.98. The van der Waals surface area contributed by atoms with E-state index in [1.807, 2.05) is 0 Å². The van der Waals surface area contributed by atoms with Crippen LogP contribution in [0.3, 0.4) is 0 Å². The molecule has 0 amide bonds. The summed E-state index contributed by atoms with van der Waals surface area (Å²) in [5.41, 5.74) is -0.0348. The second-order valence-corrected chi connectivity index (χ2v) is 6.86. The van der Waals surface area contributed by atoms with E-state index in [2.05, 4.69) is 12.2 Å². The van der Waals surface area contributed by atoms with Crippen LogP contribution in [0.2, 0.25) is 0 Å². The van der Waals surface area contributed by atoms with Crippen LogP contribution in [0.1, 0.15) is 77.6 Å². The predicted octanol–water partition coefficient (Wildman–Crippen LogP) is 3.40. The summed E-state index contributed by atoms with van der Waals surface area (Å²) in [5.74, 6) is 0. The summed E-state index contributed by atoms with van der Waals surface area (Å²) in [6.45, 7) is 3.42. The average Bonchev–Trinajstić information content (AvgIpc) is 3.17. The van der Waals surface area contributed by atoms with Gasteiger partial charge in [0.1, 0.15) is 0 Å². The Hall–Kier alpha value is -0.120. The monoisotopic (exact) mass is 283 g/mol. The van der Waals surface area contributed by atoms with Crippen LogP contribution in [-0.4, -0.2) is 36.0 Å². The van der Waals surface area contributed by atoms with Gasteiger partial charge in [0.15, 0.2) is 0 Å². The molecule has 2 aliphatic carbocycles. The summed E-state index contributed by atoms with van der Waals surface area (Å²) in [6, 6.07) is 0.666. The van der Waals surface area contributed by atoms with Gasteiger partial charge < -0.3 is 15.2 Å². The Balaban J connectivity index is 1.53. The SMILES string of the molecule is CCCCCCCCOC1CCC(CO)(NC2CC2)C1. The molecule has 2 unspecified atom stereocenters. The van der Waals surface area contributed by atoms with Crippen LogP contribution >= 0.6 is 0 Å². The Labute approximate surface area is 124 Å². The number of nitrogens with one attached hydrogen (secondary N) is 1. The van der Waals surface area contributed by atoms with Gasteiger partial charge in [0, 0.05) is 18.2 Å². The third-order valence-electron chi connectivity index (χ3n) is 4.81. The minimum absolute atomic E-state index is 0.0348. The van der Waals surface area contributed by atoms with Gasteiger partial charge in [0.2, 0.25) is 0 Å². The molecule has 2 atom stereocenters. The molecule has 2 rings (SSSR count). The Morgan fingerprint density at radius 3 is 2.55 bits per heavy atom. The summed E-state index contributed by atoms with van der Waals surface area (Å²) in [7, 11) is 0. The van der Waals surface area contributed by atoms with Gasteiger partial charge in [-0.15, -0.1) is 0 Å². The van der Waals surface area contributed by atoms with Crippen molar-refractivity contribution in [2.75, 3.05) is 13.2 Å². The molecule has 0 aliphatic heterocycles. The van der Waals surface area contributed by atoms with Gasteiger partial charge in [-0.2, -0.15) is 0 Å². The molecule has 2 N–H and O–H groups in total. The summed E-state index contributed by atoms with van der Waals surface area (Å²) < 4.78 is 6.02. The minimum atomic E-state index is -0.0348. The Morgan fingerprint density at radius 1 is 1.10 bits per heavy atom. The number of hydrogen-bond acceptors (Lipinski definition) is 3. The van der Waals surface area contributed by atoms with Gasteiger partial charge >= 0.3 is 0 Å². The van der Waals surface area contributed by atoms with Crippen molar-refractivity contribution in [2.45, 2.75) is 95.2 Å². The van der Waals surface area contributed by atoms with Crippen molar-refractivity contribution in [3.8, 4) is 0 Å². The molecule has 2 saturated carbocycles. The molecule has 0 heterocycles. The molecule has 0 bridgehead atoms. The number of hydrogen-bond donors (Lipinski definition) is 2. The molecule has 0 aromatic rings. The second kappa shape index (κ2) is 8.35. The third kappa shape index (κ3) is 5.34. The van der Waals surface area contributed by atoms with E-state index in [0.29, 0.717) is 12.1 Å². The number of unbranched alkanes of at least 4 members (excludes halogenated alkanes) is 5. The topological polar surface area (TPSA) is 41.5 Å². The van der Waals surface area contributed by atoms with Crippen molar-refractivity contribution < 1.29 is 9.84 Å². The molecule has 20 heavy (non-hydrogen) atoms. The fourth-order valence-electron chi connectivity index (χ4n) is 3.33. The Morgan fingerprint density at radius 2 is 1.85 bits per heavy atom. The minimum Gasteiger partial charge on any atom is -0.394 e. The zero-order valence-electron chi connectivity index (χ0n) is 13.2. The largest absolute Gasteiger partial charge is 0.394 e. The number of ether oxygens (including phenoxy) is 1. The van der Waals surface area contributed by atoms with Crippen LogP contribution in [-0.2, 0) is 4.74 Å². The lowest BCUT2D eigenvalue weighted by Crippen LogP contribution is -2.48. The van der Waals surface area contributed by atoms with Gasteiger partial charge in [-0.05, 0) is 38.5 Å². The fourth-order valence-corrected chi connectivity index (χ4v) is 3.33. The second-order valence-electron chi connectivity index (χ2n) is 6.86. The number of aliphatic hydroxyl groups is 1. The van der Waals surface area contributed by atoms with Crippen LogP contribution in [0.15, 0.2) is 0 Å².